The third kappa shape index (κ3) is 1.99. The summed E-state index contributed by atoms with van der Waals surface area (Å²) < 4.78 is 1.24. The van der Waals surface area contributed by atoms with Crippen LogP contribution < -0.4 is 0 Å². The molecule has 0 N–H and O–H groups in total. The number of pyridine rings is 1. The Morgan fingerprint density at radius 1 is 1.44 bits per heavy atom. The molecule has 2 heterocycles. The normalized spacial score (nSPS) is 15.3. The van der Waals surface area contributed by atoms with E-state index in [1.807, 2.05) is 12.3 Å². The zero-order valence-electron chi connectivity index (χ0n) is 8.46. The van der Waals surface area contributed by atoms with Crippen molar-refractivity contribution in [3.63, 3.8) is 0 Å². The Morgan fingerprint density at radius 2 is 2.31 bits per heavy atom. The van der Waals surface area contributed by atoms with E-state index in [9.17, 15) is 0 Å². The average molecular weight is 266 g/mol. The third-order valence-electron chi connectivity index (χ3n) is 2.58. The quantitative estimate of drug-likeness (QED) is 0.671. The highest BCUT2D eigenvalue weighted by atomic mass is 33.1. The first-order chi connectivity index (χ1) is 7.88. The fraction of sp³-hybridized carbons (Fsp3) is 0.273. The van der Waals surface area contributed by atoms with Gasteiger partial charge in [-0.25, -0.2) is 4.98 Å². The van der Waals surface area contributed by atoms with Gasteiger partial charge in [0.25, 0.3) is 0 Å². The highest BCUT2D eigenvalue weighted by Crippen LogP contribution is 2.47. The summed E-state index contributed by atoms with van der Waals surface area (Å²) in [7, 11) is 1.51. The third-order valence-corrected chi connectivity index (χ3v) is 5.28. The van der Waals surface area contributed by atoms with Crippen molar-refractivity contribution in [1.29, 1.82) is 0 Å². The second kappa shape index (κ2) is 4.39. The molecule has 0 saturated heterocycles. The Bertz CT molecular complexity index is 491. The molecule has 0 aromatic carbocycles. The van der Waals surface area contributed by atoms with Crippen molar-refractivity contribution in [1.82, 2.24) is 9.97 Å². The first kappa shape index (κ1) is 10.6. The van der Waals surface area contributed by atoms with Crippen molar-refractivity contribution in [2.75, 3.05) is 0 Å². The predicted molar refractivity (Wildman–Crippen MR) is 72.2 cm³/mol. The first-order valence-corrected chi connectivity index (χ1v) is 7.79. The summed E-state index contributed by atoms with van der Waals surface area (Å²) in [5, 5.41) is 1.06. The lowest BCUT2D eigenvalue weighted by atomic mass is 10.3. The molecule has 16 heavy (non-hydrogen) atoms. The monoisotopic (exact) mass is 266 g/mol. The molecule has 0 aliphatic heterocycles. The molecular formula is C11H10N2S3. The Balaban J connectivity index is 2.02. The molecule has 0 unspecified atom stereocenters. The van der Waals surface area contributed by atoms with Gasteiger partial charge in [-0.3, -0.25) is 4.98 Å². The molecule has 1 fully saturated rings. The molecule has 0 radical (unpaired) electrons. The summed E-state index contributed by atoms with van der Waals surface area (Å²) in [6, 6.07) is 4.00. The lowest BCUT2D eigenvalue weighted by molar-refractivity contribution is 1.02. The standard InChI is InChI=1S/C11H10N2S3/c14-16-11-9(7-3-4-7)13-10(15-11)8-2-1-5-12-6-8/h1-2,5-7,14H,3-4H2. The van der Waals surface area contributed by atoms with Crippen molar-refractivity contribution in [2.24, 2.45) is 0 Å². The van der Waals surface area contributed by atoms with E-state index >= 15 is 0 Å². The summed E-state index contributed by atoms with van der Waals surface area (Å²) in [6.45, 7) is 0. The van der Waals surface area contributed by atoms with Crippen molar-refractivity contribution < 1.29 is 0 Å². The maximum absolute atomic E-state index is 4.72. The first-order valence-electron chi connectivity index (χ1n) is 5.11. The van der Waals surface area contributed by atoms with Crippen LogP contribution in [0.5, 0.6) is 0 Å². The number of aromatic nitrogens is 2. The summed E-state index contributed by atoms with van der Waals surface area (Å²) in [5.74, 6) is 0.677. The molecule has 2 aromatic heterocycles. The SMILES string of the molecule is SSc1sc(-c2cccnc2)nc1C1CC1. The number of hydrogen-bond donors (Lipinski definition) is 1. The largest absolute Gasteiger partial charge is 0.264 e. The van der Waals surface area contributed by atoms with E-state index in [1.165, 1.54) is 33.5 Å². The van der Waals surface area contributed by atoms with Gasteiger partial charge >= 0.3 is 0 Å². The van der Waals surface area contributed by atoms with E-state index in [2.05, 4.69) is 22.7 Å². The van der Waals surface area contributed by atoms with Crippen molar-refractivity contribution >= 4 is 33.8 Å². The summed E-state index contributed by atoms with van der Waals surface area (Å²) in [5.41, 5.74) is 2.34. The molecule has 0 amide bonds. The minimum Gasteiger partial charge on any atom is -0.264 e. The van der Waals surface area contributed by atoms with E-state index in [0.717, 1.165) is 10.6 Å². The molecule has 2 aromatic rings. The molecule has 2 nitrogen and oxygen atoms in total. The molecule has 82 valence electrons. The molecule has 1 aliphatic rings. The van der Waals surface area contributed by atoms with Gasteiger partial charge in [-0.2, -0.15) is 0 Å². The van der Waals surface area contributed by atoms with Gasteiger partial charge in [-0.1, -0.05) is 0 Å². The molecule has 1 aliphatic carbocycles. The smallest absolute Gasteiger partial charge is 0.126 e. The summed E-state index contributed by atoms with van der Waals surface area (Å²) >= 11 is 6.02. The second-order valence-corrected chi connectivity index (χ2v) is 6.20. The molecule has 3 rings (SSSR count). The molecule has 1 saturated carbocycles. The Kier molecular flexibility index (Phi) is 2.91. The van der Waals surface area contributed by atoms with E-state index in [0.29, 0.717) is 5.92 Å². The van der Waals surface area contributed by atoms with Gasteiger partial charge in [0.15, 0.2) is 0 Å². The average Bonchev–Trinajstić information content (AvgIpc) is 3.10. The highest BCUT2D eigenvalue weighted by molar-refractivity contribution is 8.69. The topological polar surface area (TPSA) is 25.8 Å². The molecule has 0 atom stereocenters. The van der Waals surface area contributed by atoms with Gasteiger partial charge < -0.3 is 0 Å². The van der Waals surface area contributed by atoms with E-state index in [1.54, 1.807) is 17.5 Å². The zero-order chi connectivity index (χ0) is 11.0. The lowest BCUT2D eigenvalue weighted by Crippen LogP contribution is -1.82. The molecule has 0 spiro atoms. The van der Waals surface area contributed by atoms with Crippen LogP contribution >= 0.6 is 33.8 Å². The molecule has 5 heteroatoms. The van der Waals surface area contributed by atoms with Gasteiger partial charge in [-0.15, -0.1) is 23.0 Å². The molecular weight excluding hydrogens is 256 g/mol. The van der Waals surface area contributed by atoms with Crippen molar-refractivity contribution in [3.05, 3.63) is 30.2 Å². The van der Waals surface area contributed by atoms with Crippen LogP contribution in [0, 0.1) is 0 Å². The number of rotatable bonds is 3. The summed E-state index contributed by atoms with van der Waals surface area (Å²) in [4.78, 5) is 8.85. The number of hydrogen-bond acceptors (Lipinski definition) is 5. The van der Waals surface area contributed by atoms with Gasteiger partial charge in [-0.05, 0) is 35.8 Å². The molecule has 0 bridgehead atoms. The van der Waals surface area contributed by atoms with Crippen molar-refractivity contribution in [3.8, 4) is 10.6 Å². The van der Waals surface area contributed by atoms with Gasteiger partial charge in [0.1, 0.15) is 5.01 Å². The van der Waals surface area contributed by atoms with Crippen LogP contribution in [0.3, 0.4) is 0 Å². The van der Waals surface area contributed by atoms with Crippen LogP contribution in [0.4, 0.5) is 0 Å². The van der Waals surface area contributed by atoms with Crippen LogP contribution in [0.25, 0.3) is 10.6 Å². The maximum atomic E-state index is 4.72. The Hall–Kier alpha value is -0.520. The summed E-state index contributed by atoms with van der Waals surface area (Å²) in [6.07, 6.45) is 6.20. The number of nitrogens with zero attached hydrogens (tertiary/aromatic N) is 2. The number of thiazole rings is 1. The van der Waals surface area contributed by atoms with Gasteiger partial charge in [0, 0.05) is 23.9 Å². The van der Waals surface area contributed by atoms with Gasteiger partial charge in [0.2, 0.25) is 0 Å². The highest BCUT2D eigenvalue weighted by Gasteiger charge is 2.29. The van der Waals surface area contributed by atoms with Crippen LogP contribution in [0.2, 0.25) is 0 Å². The maximum Gasteiger partial charge on any atom is 0.126 e. The fourth-order valence-electron chi connectivity index (χ4n) is 1.61. The Labute approximate surface area is 107 Å². The second-order valence-electron chi connectivity index (χ2n) is 3.80. The van der Waals surface area contributed by atoms with Gasteiger partial charge in [0.05, 0.1) is 9.90 Å². The van der Waals surface area contributed by atoms with Crippen molar-refractivity contribution in [2.45, 2.75) is 23.0 Å². The van der Waals surface area contributed by atoms with Crippen LogP contribution in [-0.2, 0) is 0 Å². The minimum atomic E-state index is 0.677. The van der Waals surface area contributed by atoms with Crippen LogP contribution in [0.1, 0.15) is 24.5 Å². The van der Waals surface area contributed by atoms with E-state index < -0.39 is 0 Å². The van der Waals surface area contributed by atoms with E-state index in [-0.39, 0.29) is 0 Å². The van der Waals surface area contributed by atoms with Crippen LogP contribution in [-0.4, -0.2) is 9.97 Å². The van der Waals surface area contributed by atoms with Crippen LogP contribution in [0.15, 0.2) is 28.7 Å². The number of thiol groups is 1. The Morgan fingerprint density at radius 3 is 2.94 bits per heavy atom. The predicted octanol–water partition coefficient (Wildman–Crippen LogP) is 4.02. The van der Waals surface area contributed by atoms with E-state index in [4.69, 9.17) is 4.98 Å². The fourth-order valence-corrected chi connectivity index (χ4v) is 3.79. The minimum absolute atomic E-state index is 0.677. The zero-order valence-corrected chi connectivity index (χ0v) is 11.0. The lowest BCUT2D eigenvalue weighted by Gasteiger charge is -1.93.